The fourth-order valence-electron chi connectivity index (χ4n) is 1.32. The van der Waals surface area contributed by atoms with Gasteiger partial charge in [0, 0.05) is 12.1 Å². The lowest BCUT2D eigenvalue weighted by Gasteiger charge is -2.19. The number of hydrogen-bond acceptors (Lipinski definition) is 5. The highest BCUT2D eigenvalue weighted by atomic mass is 32.1. The Morgan fingerprint density at radius 3 is 2.59 bits per heavy atom. The number of carbonyl (C=O) groups is 2. The number of amides is 1. The summed E-state index contributed by atoms with van der Waals surface area (Å²) in [6.45, 7) is 0. The van der Waals surface area contributed by atoms with Crippen molar-refractivity contribution in [2.75, 3.05) is 5.32 Å². The minimum atomic E-state index is -0.540. The van der Waals surface area contributed by atoms with E-state index in [0.29, 0.717) is 6.29 Å². The molecule has 0 bridgehead atoms. The zero-order chi connectivity index (χ0) is 12.7. The van der Waals surface area contributed by atoms with Crippen molar-refractivity contribution in [1.29, 1.82) is 0 Å². The summed E-state index contributed by atoms with van der Waals surface area (Å²) in [5.41, 5.74) is 2.83. The van der Waals surface area contributed by atoms with Crippen LogP contribution in [0.2, 0.25) is 0 Å². The first-order chi connectivity index (χ1) is 8.17. The van der Waals surface area contributed by atoms with Crippen molar-refractivity contribution in [1.82, 2.24) is 5.43 Å². The van der Waals surface area contributed by atoms with E-state index in [4.69, 9.17) is 5.84 Å². The molecule has 1 amide bonds. The van der Waals surface area contributed by atoms with Gasteiger partial charge in [-0.15, -0.1) is 0 Å². The predicted octanol–water partition coefficient (Wildman–Crippen LogP) is 0.549. The van der Waals surface area contributed by atoms with Gasteiger partial charge >= 0.3 is 0 Å². The lowest BCUT2D eigenvalue weighted by Crippen LogP contribution is -2.35. The van der Waals surface area contributed by atoms with Gasteiger partial charge in [0.2, 0.25) is 5.91 Å². The summed E-state index contributed by atoms with van der Waals surface area (Å²) in [7, 11) is 0. The third-order valence-electron chi connectivity index (χ3n) is 2.25. The van der Waals surface area contributed by atoms with Crippen LogP contribution in [-0.4, -0.2) is 17.6 Å². The molecule has 0 aliphatic rings. The Morgan fingerprint density at radius 2 is 2.06 bits per heavy atom. The van der Waals surface area contributed by atoms with Gasteiger partial charge in [-0.1, -0.05) is 18.2 Å². The van der Waals surface area contributed by atoms with Crippen molar-refractivity contribution in [2.24, 2.45) is 11.8 Å². The first-order valence-corrected chi connectivity index (χ1v) is 5.63. The number of thiol groups is 1. The van der Waals surface area contributed by atoms with Crippen molar-refractivity contribution in [3.63, 3.8) is 0 Å². The quantitative estimate of drug-likeness (QED) is 0.149. The molecule has 5 nitrogen and oxygen atoms in total. The Kier molecular flexibility index (Phi) is 5.51. The van der Waals surface area contributed by atoms with E-state index in [0.717, 1.165) is 5.69 Å². The van der Waals surface area contributed by atoms with Gasteiger partial charge in [-0.3, -0.25) is 10.2 Å². The number of para-hydroxylation sites is 1. The summed E-state index contributed by atoms with van der Waals surface area (Å²) in [6, 6.07) is 9.33. The summed E-state index contributed by atoms with van der Waals surface area (Å²) in [6.07, 6.45) is 0.705. The molecule has 0 heterocycles. The molecule has 6 heteroatoms. The van der Waals surface area contributed by atoms with Crippen molar-refractivity contribution in [3.8, 4) is 0 Å². The second-order valence-electron chi connectivity index (χ2n) is 3.53. The number of aldehydes is 1. The number of hydrogen-bond donors (Lipinski definition) is 4. The molecule has 2 unspecified atom stereocenters. The lowest BCUT2D eigenvalue weighted by atomic mass is 10.1. The van der Waals surface area contributed by atoms with E-state index in [-0.39, 0.29) is 6.42 Å². The van der Waals surface area contributed by atoms with E-state index in [9.17, 15) is 9.59 Å². The summed E-state index contributed by atoms with van der Waals surface area (Å²) in [5.74, 6) is 4.03. The second-order valence-corrected chi connectivity index (χ2v) is 4.08. The smallest absolute Gasteiger partial charge is 0.234 e. The van der Waals surface area contributed by atoms with Crippen molar-refractivity contribution >= 4 is 30.5 Å². The fraction of sp³-hybridized carbons (Fsp3) is 0.273. The first kappa shape index (κ1) is 13.5. The number of anilines is 1. The van der Waals surface area contributed by atoms with Crippen LogP contribution in [0.1, 0.15) is 6.42 Å². The maximum Gasteiger partial charge on any atom is 0.234 e. The summed E-state index contributed by atoms with van der Waals surface area (Å²) in [4.78, 5) is 22.0. The van der Waals surface area contributed by atoms with Crippen molar-refractivity contribution in [3.05, 3.63) is 30.3 Å². The Hall–Kier alpha value is -1.53. The predicted molar refractivity (Wildman–Crippen MR) is 69.3 cm³/mol. The van der Waals surface area contributed by atoms with Crippen LogP contribution in [0.5, 0.6) is 0 Å². The van der Waals surface area contributed by atoms with Gasteiger partial charge in [-0.05, 0) is 12.1 Å². The Bertz CT molecular complexity index is 372. The van der Waals surface area contributed by atoms with Crippen molar-refractivity contribution < 1.29 is 9.59 Å². The van der Waals surface area contributed by atoms with E-state index in [1.54, 1.807) is 0 Å². The van der Waals surface area contributed by atoms with Crippen molar-refractivity contribution in [2.45, 2.75) is 11.8 Å². The fourth-order valence-corrected chi connectivity index (χ4v) is 1.64. The van der Waals surface area contributed by atoms with E-state index in [2.05, 4.69) is 17.9 Å². The highest BCUT2D eigenvalue weighted by Crippen LogP contribution is 2.16. The number of carbonyl (C=O) groups excluding carboxylic acids is 2. The average molecular weight is 253 g/mol. The first-order valence-electron chi connectivity index (χ1n) is 5.11. The van der Waals surface area contributed by atoms with Crippen LogP contribution in [0.25, 0.3) is 0 Å². The van der Waals surface area contributed by atoms with Gasteiger partial charge in [0.1, 0.15) is 6.29 Å². The Labute approximate surface area is 105 Å². The Morgan fingerprint density at radius 1 is 1.41 bits per heavy atom. The molecule has 0 aliphatic heterocycles. The molecule has 1 aromatic carbocycles. The number of rotatable bonds is 6. The largest absolute Gasteiger partial charge is 0.373 e. The van der Waals surface area contributed by atoms with E-state index in [1.165, 1.54) is 0 Å². The average Bonchev–Trinajstić information content (AvgIpc) is 2.36. The molecule has 92 valence electrons. The molecule has 1 aromatic rings. The molecular formula is C11H15N3O2S. The van der Waals surface area contributed by atoms with Gasteiger partial charge in [-0.2, -0.15) is 12.6 Å². The number of nitrogens with one attached hydrogen (secondary N) is 2. The molecule has 2 atom stereocenters. The molecule has 0 radical (unpaired) electrons. The minimum Gasteiger partial charge on any atom is -0.373 e. The summed E-state index contributed by atoms with van der Waals surface area (Å²) < 4.78 is 0. The van der Waals surface area contributed by atoms with Crippen LogP contribution >= 0.6 is 12.6 Å². The summed E-state index contributed by atoms with van der Waals surface area (Å²) in [5, 5.41) is 2.60. The normalized spacial score (nSPS) is 13.5. The molecule has 1 rings (SSSR count). The molecular weight excluding hydrogens is 238 g/mol. The van der Waals surface area contributed by atoms with Crippen LogP contribution in [0.4, 0.5) is 5.69 Å². The minimum absolute atomic E-state index is 0.00794. The molecule has 0 saturated heterocycles. The topological polar surface area (TPSA) is 84.2 Å². The molecule has 0 aromatic heterocycles. The van der Waals surface area contributed by atoms with Crippen LogP contribution in [0.3, 0.4) is 0 Å². The standard InChI is InChI=1S/C11H15N3O2S/c12-14-10(16)6-8(7-15)11(17)13-9-4-2-1-3-5-9/h1-5,7-8,11,13,17H,6,12H2,(H,14,16). The number of benzene rings is 1. The highest BCUT2D eigenvalue weighted by Gasteiger charge is 2.20. The highest BCUT2D eigenvalue weighted by molar-refractivity contribution is 7.81. The van der Waals surface area contributed by atoms with Gasteiger partial charge in [-0.25, -0.2) is 5.84 Å². The number of nitrogens with two attached hydrogens (primary N) is 1. The van der Waals surface area contributed by atoms with Gasteiger partial charge in [0.05, 0.1) is 11.3 Å². The third kappa shape index (κ3) is 4.46. The second kappa shape index (κ2) is 6.93. The SMILES string of the molecule is NNC(=O)CC(C=O)C(S)Nc1ccccc1. The van der Waals surface area contributed by atoms with Crippen LogP contribution in [-0.2, 0) is 9.59 Å². The molecule has 0 aliphatic carbocycles. The molecule has 4 N–H and O–H groups in total. The molecule has 0 spiro atoms. The summed E-state index contributed by atoms with van der Waals surface area (Å²) >= 11 is 4.27. The molecule has 17 heavy (non-hydrogen) atoms. The van der Waals surface area contributed by atoms with E-state index in [1.807, 2.05) is 35.8 Å². The maximum absolute atomic E-state index is 11.1. The van der Waals surface area contributed by atoms with E-state index >= 15 is 0 Å². The van der Waals surface area contributed by atoms with Crippen LogP contribution in [0.15, 0.2) is 30.3 Å². The molecule has 0 saturated carbocycles. The third-order valence-corrected chi connectivity index (χ3v) is 2.76. The van der Waals surface area contributed by atoms with E-state index < -0.39 is 17.2 Å². The maximum atomic E-state index is 11.1. The van der Waals surface area contributed by atoms with Crippen LogP contribution in [0, 0.1) is 5.92 Å². The van der Waals surface area contributed by atoms with Crippen LogP contribution < -0.4 is 16.6 Å². The Balaban J connectivity index is 2.58. The lowest BCUT2D eigenvalue weighted by molar-refractivity contribution is -0.124. The monoisotopic (exact) mass is 253 g/mol. The van der Waals surface area contributed by atoms with Gasteiger partial charge in [0.25, 0.3) is 0 Å². The van der Waals surface area contributed by atoms with Gasteiger partial charge in [0.15, 0.2) is 0 Å². The molecule has 0 fully saturated rings. The van der Waals surface area contributed by atoms with Gasteiger partial charge < -0.3 is 10.1 Å². The number of hydrazine groups is 1. The zero-order valence-electron chi connectivity index (χ0n) is 9.17. The zero-order valence-corrected chi connectivity index (χ0v) is 10.1.